The molecule has 0 aliphatic heterocycles. The normalized spacial score (nSPS) is 11.4. The average molecular weight is 218 g/mol. The SMILES string of the molecule is Cc1cc2c(cc1F)[nH]c(=O)n1ncnc21. The van der Waals surface area contributed by atoms with Crippen molar-refractivity contribution in [2.75, 3.05) is 0 Å². The molecular weight excluding hydrogens is 211 g/mol. The van der Waals surface area contributed by atoms with Crippen LogP contribution >= 0.6 is 0 Å². The van der Waals surface area contributed by atoms with Gasteiger partial charge >= 0.3 is 5.69 Å². The molecule has 5 nitrogen and oxygen atoms in total. The highest BCUT2D eigenvalue weighted by atomic mass is 19.1. The zero-order valence-corrected chi connectivity index (χ0v) is 8.36. The molecule has 0 amide bonds. The van der Waals surface area contributed by atoms with E-state index in [2.05, 4.69) is 15.1 Å². The summed E-state index contributed by atoms with van der Waals surface area (Å²) in [5.41, 5.74) is 0.933. The Bertz CT molecular complexity index is 758. The van der Waals surface area contributed by atoms with Crippen LogP contribution in [0.2, 0.25) is 0 Å². The summed E-state index contributed by atoms with van der Waals surface area (Å²) in [4.78, 5) is 18.1. The maximum Gasteiger partial charge on any atom is 0.348 e. The lowest BCUT2D eigenvalue weighted by Crippen LogP contribution is -2.17. The van der Waals surface area contributed by atoms with E-state index < -0.39 is 5.69 Å². The molecule has 0 aliphatic rings. The summed E-state index contributed by atoms with van der Waals surface area (Å²) in [6.07, 6.45) is 1.29. The molecule has 80 valence electrons. The van der Waals surface area contributed by atoms with Gasteiger partial charge in [0.2, 0.25) is 0 Å². The molecule has 0 atom stereocenters. The van der Waals surface area contributed by atoms with Crippen molar-refractivity contribution in [1.82, 2.24) is 19.6 Å². The predicted molar refractivity (Wildman–Crippen MR) is 55.8 cm³/mol. The highest BCUT2D eigenvalue weighted by Gasteiger charge is 2.08. The molecule has 0 saturated heterocycles. The van der Waals surface area contributed by atoms with Gasteiger partial charge in [-0.1, -0.05) is 0 Å². The zero-order valence-electron chi connectivity index (χ0n) is 8.36. The number of fused-ring (bicyclic) bond motifs is 3. The van der Waals surface area contributed by atoms with E-state index in [0.29, 0.717) is 22.1 Å². The number of benzene rings is 1. The maximum atomic E-state index is 13.3. The van der Waals surface area contributed by atoms with Gasteiger partial charge in [0.1, 0.15) is 12.1 Å². The summed E-state index contributed by atoms with van der Waals surface area (Å²) >= 11 is 0. The van der Waals surface area contributed by atoms with Crippen LogP contribution in [0.1, 0.15) is 5.56 Å². The van der Waals surface area contributed by atoms with E-state index in [-0.39, 0.29) is 5.82 Å². The topological polar surface area (TPSA) is 63.0 Å². The quantitative estimate of drug-likeness (QED) is 0.612. The van der Waals surface area contributed by atoms with Crippen molar-refractivity contribution in [2.45, 2.75) is 6.92 Å². The summed E-state index contributed by atoms with van der Waals surface area (Å²) < 4.78 is 14.5. The molecule has 0 radical (unpaired) electrons. The van der Waals surface area contributed by atoms with E-state index in [0.717, 1.165) is 4.52 Å². The van der Waals surface area contributed by atoms with Crippen LogP contribution in [-0.2, 0) is 0 Å². The van der Waals surface area contributed by atoms with Crippen molar-refractivity contribution in [3.05, 3.63) is 40.3 Å². The Morgan fingerprint density at radius 1 is 1.44 bits per heavy atom. The summed E-state index contributed by atoms with van der Waals surface area (Å²) in [5, 5.41) is 4.47. The zero-order chi connectivity index (χ0) is 11.3. The lowest BCUT2D eigenvalue weighted by atomic mass is 10.1. The highest BCUT2D eigenvalue weighted by molar-refractivity contribution is 5.91. The summed E-state index contributed by atoms with van der Waals surface area (Å²) in [5.74, 6) is -0.355. The minimum absolute atomic E-state index is 0.355. The van der Waals surface area contributed by atoms with Crippen molar-refractivity contribution in [3.8, 4) is 0 Å². The van der Waals surface area contributed by atoms with Gasteiger partial charge in [0.15, 0.2) is 5.65 Å². The number of aryl methyl sites for hydroxylation is 1. The molecule has 16 heavy (non-hydrogen) atoms. The Hall–Kier alpha value is -2.24. The van der Waals surface area contributed by atoms with E-state index in [1.807, 2.05) is 0 Å². The third-order valence-corrected chi connectivity index (χ3v) is 2.52. The molecule has 0 unspecified atom stereocenters. The molecule has 2 aromatic heterocycles. The van der Waals surface area contributed by atoms with Gasteiger partial charge in [-0.3, -0.25) is 0 Å². The molecular formula is C10H7FN4O. The van der Waals surface area contributed by atoms with E-state index in [9.17, 15) is 9.18 Å². The molecule has 3 rings (SSSR count). The third kappa shape index (κ3) is 1.06. The van der Waals surface area contributed by atoms with Gasteiger partial charge in [0, 0.05) is 5.39 Å². The van der Waals surface area contributed by atoms with Gasteiger partial charge in [-0.15, -0.1) is 0 Å². The van der Waals surface area contributed by atoms with Crippen molar-refractivity contribution in [1.29, 1.82) is 0 Å². The van der Waals surface area contributed by atoms with Gasteiger partial charge < -0.3 is 4.98 Å². The second-order valence-electron chi connectivity index (χ2n) is 3.57. The van der Waals surface area contributed by atoms with Gasteiger partial charge in [0.25, 0.3) is 0 Å². The van der Waals surface area contributed by atoms with Crippen LogP contribution in [0.25, 0.3) is 16.6 Å². The van der Waals surface area contributed by atoms with Gasteiger partial charge in [0.05, 0.1) is 5.52 Å². The number of nitrogens with one attached hydrogen (secondary N) is 1. The lowest BCUT2D eigenvalue weighted by molar-refractivity contribution is 0.620. The van der Waals surface area contributed by atoms with Crippen LogP contribution in [-0.4, -0.2) is 19.6 Å². The first kappa shape index (κ1) is 9.02. The molecule has 0 aliphatic carbocycles. The Morgan fingerprint density at radius 2 is 2.25 bits per heavy atom. The molecule has 0 spiro atoms. The maximum absolute atomic E-state index is 13.3. The van der Waals surface area contributed by atoms with Crippen LogP contribution in [0.5, 0.6) is 0 Å². The van der Waals surface area contributed by atoms with E-state index in [4.69, 9.17) is 0 Å². The Balaban J connectivity index is 2.64. The van der Waals surface area contributed by atoms with Crippen LogP contribution < -0.4 is 5.69 Å². The highest BCUT2D eigenvalue weighted by Crippen LogP contribution is 2.18. The molecule has 0 fully saturated rings. The Morgan fingerprint density at radius 3 is 3.06 bits per heavy atom. The Kier molecular flexibility index (Phi) is 1.62. The fourth-order valence-electron chi connectivity index (χ4n) is 1.71. The third-order valence-electron chi connectivity index (χ3n) is 2.52. The first-order chi connectivity index (χ1) is 7.66. The van der Waals surface area contributed by atoms with Crippen LogP contribution in [0, 0.1) is 12.7 Å². The second kappa shape index (κ2) is 2.88. The number of hydrogen-bond acceptors (Lipinski definition) is 3. The number of rotatable bonds is 0. The number of hydrogen-bond donors (Lipinski definition) is 1. The number of halogens is 1. The minimum Gasteiger partial charge on any atom is -0.305 e. The van der Waals surface area contributed by atoms with Crippen molar-refractivity contribution >= 4 is 16.6 Å². The van der Waals surface area contributed by atoms with E-state index >= 15 is 0 Å². The number of H-pyrrole nitrogens is 1. The first-order valence-corrected chi connectivity index (χ1v) is 4.69. The fraction of sp³-hybridized carbons (Fsp3) is 0.100. The minimum atomic E-state index is -0.428. The summed E-state index contributed by atoms with van der Waals surface area (Å²) in [7, 11) is 0. The lowest BCUT2D eigenvalue weighted by Gasteiger charge is -2.02. The molecule has 3 aromatic rings. The standard InChI is InChI=1S/C10H7FN4O/c1-5-2-6-8(3-7(5)11)14-10(16)15-9(6)12-4-13-15/h2-4H,1H3,(H,14,16). The smallest absolute Gasteiger partial charge is 0.305 e. The number of nitrogens with zero attached hydrogens (tertiary/aromatic N) is 3. The number of aromatic nitrogens is 4. The Labute approximate surface area is 88.6 Å². The molecule has 2 heterocycles. The number of aromatic amines is 1. The van der Waals surface area contributed by atoms with Crippen LogP contribution in [0.4, 0.5) is 4.39 Å². The van der Waals surface area contributed by atoms with Crippen LogP contribution in [0.3, 0.4) is 0 Å². The molecule has 6 heteroatoms. The van der Waals surface area contributed by atoms with Crippen molar-refractivity contribution in [2.24, 2.45) is 0 Å². The van der Waals surface area contributed by atoms with E-state index in [1.165, 1.54) is 12.4 Å². The molecule has 0 bridgehead atoms. The van der Waals surface area contributed by atoms with Crippen molar-refractivity contribution < 1.29 is 4.39 Å². The average Bonchev–Trinajstić information content (AvgIpc) is 2.71. The monoisotopic (exact) mass is 218 g/mol. The molecule has 0 saturated carbocycles. The predicted octanol–water partition coefficient (Wildman–Crippen LogP) is 1.02. The summed E-state index contributed by atoms with van der Waals surface area (Å²) in [6.45, 7) is 1.66. The largest absolute Gasteiger partial charge is 0.348 e. The van der Waals surface area contributed by atoms with Gasteiger partial charge in [-0.05, 0) is 24.6 Å². The summed E-state index contributed by atoms with van der Waals surface area (Å²) in [6, 6.07) is 2.94. The van der Waals surface area contributed by atoms with Gasteiger partial charge in [-0.25, -0.2) is 14.2 Å². The van der Waals surface area contributed by atoms with Crippen LogP contribution in [0.15, 0.2) is 23.3 Å². The van der Waals surface area contributed by atoms with E-state index in [1.54, 1.807) is 13.0 Å². The van der Waals surface area contributed by atoms with Gasteiger partial charge in [-0.2, -0.15) is 9.61 Å². The molecule has 1 N–H and O–H groups in total. The fourth-order valence-corrected chi connectivity index (χ4v) is 1.71. The van der Waals surface area contributed by atoms with Crippen molar-refractivity contribution in [3.63, 3.8) is 0 Å². The second-order valence-corrected chi connectivity index (χ2v) is 3.57. The molecule has 1 aromatic carbocycles. The first-order valence-electron chi connectivity index (χ1n) is 4.69.